The van der Waals surface area contributed by atoms with Crippen LogP contribution >= 0.6 is 0 Å². The summed E-state index contributed by atoms with van der Waals surface area (Å²) in [4.78, 5) is 30.2. The lowest BCUT2D eigenvalue weighted by molar-refractivity contribution is -0.112. The Labute approximate surface area is 151 Å². The second-order valence-electron chi connectivity index (χ2n) is 6.98. The Morgan fingerprint density at radius 2 is 1.85 bits per heavy atom. The number of nitrogens with zero attached hydrogens (tertiary/aromatic N) is 2. The number of amides is 2. The zero-order chi connectivity index (χ0) is 18.9. The summed E-state index contributed by atoms with van der Waals surface area (Å²) in [6.45, 7) is 5.40. The standard InChI is InChI=1S/C20H19FN2O3/c1-20(2,3)26-19(25)22-17-15-10-9-14(21)11-16(15)23(18(17)24)12-13-7-5-4-6-8-13/h4-11H,12H2,1-3H3/b22-17-. The predicted molar refractivity (Wildman–Crippen MR) is 96.8 cm³/mol. The molecule has 0 saturated carbocycles. The van der Waals surface area contributed by atoms with Crippen LogP contribution in [0.1, 0.15) is 31.9 Å². The molecule has 1 aliphatic rings. The minimum absolute atomic E-state index is 0.0369. The molecule has 0 fully saturated rings. The maximum atomic E-state index is 13.7. The summed E-state index contributed by atoms with van der Waals surface area (Å²) in [7, 11) is 0. The van der Waals surface area contributed by atoms with Gasteiger partial charge >= 0.3 is 6.09 Å². The van der Waals surface area contributed by atoms with Gasteiger partial charge in [0, 0.05) is 5.56 Å². The second kappa shape index (κ2) is 6.71. The summed E-state index contributed by atoms with van der Waals surface area (Å²) >= 11 is 0. The van der Waals surface area contributed by atoms with Crippen molar-refractivity contribution >= 4 is 23.4 Å². The van der Waals surface area contributed by atoms with Gasteiger partial charge in [-0.05, 0) is 44.5 Å². The molecule has 134 valence electrons. The maximum Gasteiger partial charge on any atom is 0.434 e. The van der Waals surface area contributed by atoms with Crippen molar-refractivity contribution in [3.8, 4) is 0 Å². The molecule has 0 N–H and O–H groups in total. The minimum atomic E-state index is -0.849. The van der Waals surface area contributed by atoms with Crippen molar-refractivity contribution < 1.29 is 18.7 Å². The zero-order valence-electron chi connectivity index (χ0n) is 14.8. The number of ether oxygens (including phenoxy) is 1. The van der Waals surface area contributed by atoms with E-state index in [1.807, 2.05) is 30.3 Å². The molecule has 1 aliphatic heterocycles. The van der Waals surface area contributed by atoms with Gasteiger partial charge in [-0.3, -0.25) is 4.79 Å². The lowest BCUT2D eigenvalue weighted by Gasteiger charge is -2.17. The van der Waals surface area contributed by atoms with E-state index in [4.69, 9.17) is 4.74 Å². The van der Waals surface area contributed by atoms with Crippen LogP contribution in [0.5, 0.6) is 0 Å². The van der Waals surface area contributed by atoms with E-state index < -0.39 is 23.4 Å². The Balaban J connectivity index is 1.98. The Kier molecular flexibility index (Phi) is 4.59. The van der Waals surface area contributed by atoms with E-state index in [-0.39, 0.29) is 12.3 Å². The average Bonchev–Trinajstić information content (AvgIpc) is 2.79. The fourth-order valence-corrected chi connectivity index (χ4v) is 2.69. The molecular weight excluding hydrogens is 335 g/mol. The third kappa shape index (κ3) is 3.79. The number of fused-ring (bicyclic) bond motifs is 1. The van der Waals surface area contributed by atoms with Crippen molar-refractivity contribution in [3.05, 3.63) is 65.5 Å². The van der Waals surface area contributed by atoms with Crippen LogP contribution in [0.25, 0.3) is 0 Å². The fourth-order valence-electron chi connectivity index (χ4n) is 2.69. The molecule has 0 spiro atoms. The highest BCUT2D eigenvalue weighted by Gasteiger charge is 2.35. The summed E-state index contributed by atoms with van der Waals surface area (Å²) in [6.07, 6.45) is -0.849. The first-order valence-electron chi connectivity index (χ1n) is 8.22. The van der Waals surface area contributed by atoms with Gasteiger partial charge in [0.25, 0.3) is 5.91 Å². The molecule has 0 unspecified atom stereocenters. The summed E-state index contributed by atoms with van der Waals surface area (Å²) < 4.78 is 18.9. The summed E-state index contributed by atoms with van der Waals surface area (Å²) in [5, 5.41) is 0. The van der Waals surface area contributed by atoms with Crippen LogP contribution in [0.2, 0.25) is 0 Å². The molecule has 1 heterocycles. The molecule has 0 saturated heterocycles. The fraction of sp³-hybridized carbons (Fsp3) is 0.250. The van der Waals surface area contributed by atoms with Crippen LogP contribution in [-0.2, 0) is 16.1 Å². The smallest absolute Gasteiger partial charge is 0.434 e. The molecule has 0 bridgehead atoms. The highest BCUT2D eigenvalue weighted by molar-refractivity contribution is 6.55. The van der Waals surface area contributed by atoms with Gasteiger partial charge in [-0.15, -0.1) is 0 Å². The first kappa shape index (κ1) is 17.8. The van der Waals surface area contributed by atoms with Crippen LogP contribution in [0.15, 0.2) is 53.5 Å². The van der Waals surface area contributed by atoms with Gasteiger partial charge in [0.1, 0.15) is 17.1 Å². The third-order valence-corrected chi connectivity index (χ3v) is 3.73. The molecule has 2 amide bonds. The van der Waals surface area contributed by atoms with Crippen molar-refractivity contribution in [3.63, 3.8) is 0 Å². The molecule has 0 radical (unpaired) electrons. The van der Waals surface area contributed by atoms with Crippen molar-refractivity contribution in [1.29, 1.82) is 0 Å². The molecule has 26 heavy (non-hydrogen) atoms. The number of carbonyl (C=O) groups excluding carboxylic acids is 2. The van der Waals surface area contributed by atoms with E-state index in [1.165, 1.54) is 23.1 Å². The van der Waals surface area contributed by atoms with Gasteiger partial charge in [-0.2, -0.15) is 4.99 Å². The van der Waals surface area contributed by atoms with Gasteiger partial charge < -0.3 is 9.64 Å². The van der Waals surface area contributed by atoms with Crippen LogP contribution in [-0.4, -0.2) is 23.3 Å². The normalized spacial score (nSPS) is 15.3. The van der Waals surface area contributed by atoms with Crippen molar-refractivity contribution in [2.75, 3.05) is 4.90 Å². The second-order valence-corrected chi connectivity index (χ2v) is 6.98. The lowest BCUT2D eigenvalue weighted by atomic mass is 10.1. The highest BCUT2D eigenvalue weighted by Crippen LogP contribution is 2.32. The quantitative estimate of drug-likeness (QED) is 0.816. The first-order valence-corrected chi connectivity index (χ1v) is 8.22. The van der Waals surface area contributed by atoms with Crippen molar-refractivity contribution in [1.82, 2.24) is 0 Å². The Hall–Kier alpha value is -3.02. The molecule has 2 aromatic carbocycles. The Morgan fingerprint density at radius 3 is 2.50 bits per heavy atom. The topological polar surface area (TPSA) is 59.0 Å². The zero-order valence-corrected chi connectivity index (χ0v) is 14.8. The number of hydrogen-bond donors (Lipinski definition) is 0. The van der Waals surface area contributed by atoms with Gasteiger partial charge in [0.05, 0.1) is 12.2 Å². The first-order chi connectivity index (χ1) is 12.2. The molecule has 0 aliphatic carbocycles. The molecule has 6 heteroatoms. The Morgan fingerprint density at radius 1 is 1.15 bits per heavy atom. The van der Waals surface area contributed by atoms with Crippen LogP contribution in [0.4, 0.5) is 14.9 Å². The predicted octanol–water partition coefficient (Wildman–Crippen LogP) is 4.10. The molecule has 0 aromatic heterocycles. The van der Waals surface area contributed by atoms with Crippen LogP contribution in [0, 0.1) is 5.82 Å². The summed E-state index contributed by atoms with van der Waals surface area (Å²) in [5.74, 6) is -0.923. The van der Waals surface area contributed by atoms with Gasteiger partial charge in [-0.1, -0.05) is 30.3 Å². The lowest BCUT2D eigenvalue weighted by Crippen LogP contribution is -2.30. The van der Waals surface area contributed by atoms with E-state index >= 15 is 0 Å². The van der Waals surface area contributed by atoms with E-state index in [2.05, 4.69) is 4.99 Å². The summed E-state index contributed by atoms with van der Waals surface area (Å²) in [5.41, 5.74) is 0.928. The maximum absolute atomic E-state index is 13.7. The van der Waals surface area contributed by atoms with Gasteiger partial charge in [0.15, 0.2) is 0 Å². The van der Waals surface area contributed by atoms with E-state index in [9.17, 15) is 14.0 Å². The number of carbonyl (C=O) groups is 2. The van der Waals surface area contributed by atoms with E-state index in [0.717, 1.165) is 5.56 Å². The molecular formula is C20H19FN2O3. The van der Waals surface area contributed by atoms with Crippen molar-refractivity contribution in [2.24, 2.45) is 4.99 Å². The molecule has 3 rings (SSSR count). The Bertz CT molecular complexity index is 886. The summed E-state index contributed by atoms with van der Waals surface area (Å²) in [6, 6.07) is 13.3. The molecule has 2 aromatic rings. The van der Waals surface area contributed by atoms with Crippen LogP contribution < -0.4 is 4.90 Å². The monoisotopic (exact) mass is 354 g/mol. The largest absolute Gasteiger partial charge is 0.442 e. The molecule has 5 nitrogen and oxygen atoms in total. The number of aliphatic imine (C=N–C) groups is 1. The number of rotatable bonds is 2. The minimum Gasteiger partial charge on any atom is -0.442 e. The number of hydrogen-bond acceptors (Lipinski definition) is 3. The molecule has 0 atom stereocenters. The van der Waals surface area contributed by atoms with Crippen LogP contribution in [0.3, 0.4) is 0 Å². The number of anilines is 1. The van der Waals surface area contributed by atoms with Crippen molar-refractivity contribution in [2.45, 2.75) is 32.9 Å². The average molecular weight is 354 g/mol. The van der Waals surface area contributed by atoms with Gasteiger partial charge in [0.2, 0.25) is 0 Å². The van der Waals surface area contributed by atoms with E-state index in [1.54, 1.807) is 20.8 Å². The third-order valence-electron chi connectivity index (χ3n) is 3.73. The number of benzene rings is 2. The SMILES string of the molecule is CC(C)(C)OC(=O)/N=C1\C(=O)N(Cc2ccccc2)c2cc(F)ccc21. The highest BCUT2D eigenvalue weighted by atomic mass is 19.1. The number of halogens is 1. The van der Waals surface area contributed by atoms with Gasteiger partial charge in [-0.25, -0.2) is 9.18 Å². The van der Waals surface area contributed by atoms with E-state index in [0.29, 0.717) is 11.3 Å².